The molecule has 3 saturated heterocycles. The van der Waals surface area contributed by atoms with Crippen molar-refractivity contribution < 1.29 is 74.7 Å². The molecule has 0 bridgehead atoms. The molecule has 0 spiro atoms. The third kappa shape index (κ3) is 5.64. The Kier molecular flexibility index (Phi) is 9.35. The van der Waals surface area contributed by atoms with Crippen molar-refractivity contribution in [2.45, 2.75) is 92.4 Å². The topological polar surface area (TPSA) is 248 Å². The molecule has 10 N–H and O–H groups in total. The van der Waals surface area contributed by atoms with E-state index in [0.717, 1.165) is 0 Å². The fourth-order valence-electron chi connectivity index (χ4n) is 4.06. The maximum absolute atomic E-state index is 10.6. The van der Waals surface area contributed by atoms with Gasteiger partial charge in [0.05, 0.1) is 25.9 Å². The van der Waals surface area contributed by atoms with E-state index in [1.165, 1.54) is 0 Å². The highest BCUT2D eigenvalue weighted by molar-refractivity contribution is 4.93. The predicted octanol–water partition coefficient (Wildman–Crippen LogP) is -6.54. The van der Waals surface area contributed by atoms with Gasteiger partial charge in [0, 0.05) is 6.42 Å². The van der Waals surface area contributed by atoms with Gasteiger partial charge in [-0.1, -0.05) is 0 Å². The van der Waals surface area contributed by atoms with Gasteiger partial charge in [0.25, 0.3) is 0 Å². The number of hydrogen-bond acceptors (Lipinski definition) is 15. The Bertz CT molecular complexity index is 607. The average Bonchev–Trinajstić information content (AvgIpc) is 2.80. The molecule has 33 heavy (non-hydrogen) atoms. The number of hydrogen-bond donors (Lipinski definition) is 10. The molecule has 194 valence electrons. The van der Waals surface area contributed by atoms with Gasteiger partial charge in [-0.05, 0) is 0 Å². The van der Waals surface area contributed by atoms with Crippen LogP contribution >= 0.6 is 0 Å². The van der Waals surface area contributed by atoms with Crippen LogP contribution in [-0.4, -0.2) is 157 Å². The predicted molar refractivity (Wildman–Crippen MR) is 99.9 cm³/mol. The van der Waals surface area contributed by atoms with E-state index in [1.54, 1.807) is 0 Å². The summed E-state index contributed by atoms with van der Waals surface area (Å²) in [6.07, 6.45) is -21.1. The van der Waals surface area contributed by atoms with Crippen molar-refractivity contribution in [1.82, 2.24) is 0 Å². The highest BCUT2D eigenvalue weighted by Crippen LogP contribution is 2.31. The standard InChI is InChI=1S/C18H32O15/c19-2-6-10(23)11(24)14(27)18(31-6)33-15-5(22)1-9(29-7(15)3-20)32-16-8(4-21)30-17(28)13(26)12(16)25/h5-28H,1-4H2/t5-,6-,7-,8-,9+,10+,11+,12-,13-,14-,15-,16-,17-,18-/m1/s1. The molecule has 0 aromatic heterocycles. The summed E-state index contributed by atoms with van der Waals surface area (Å²) in [6, 6.07) is 0. The molecule has 3 aliphatic rings. The lowest BCUT2D eigenvalue weighted by Crippen LogP contribution is -2.63. The van der Waals surface area contributed by atoms with E-state index >= 15 is 0 Å². The summed E-state index contributed by atoms with van der Waals surface area (Å²) < 4.78 is 26.9. The molecule has 3 fully saturated rings. The molecule has 3 aliphatic heterocycles. The van der Waals surface area contributed by atoms with Gasteiger partial charge in [0.15, 0.2) is 18.9 Å². The minimum absolute atomic E-state index is 0.293. The van der Waals surface area contributed by atoms with Crippen molar-refractivity contribution in [3.8, 4) is 0 Å². The van der Waals surface area contributed by atoms with Crippen LogP contribution in [-0.2, 0) is 23.7 Å². The van der Waals surface area contributed by atoms with Crippen LogP contribution in [0.1, 0.15) is 6.42 Å². The first-order valence-electron chi connectivity index (χ1n) is 10.5. The van der Waals surface area contributed by atoms with Gasteiger partial charge in [-0.3, -0.25) is 0 Å². The Morgan fingerprint density at radius 1 is 0.576 bits per heavy atom. The Hall–Kier alpha value is -0.600. The van der Waals surface area contributed by atoms with E-state index < -0.39 is 106 Å². The van der Waals surface area contributed by atoms with Gasteiger partial charge in [-0.25, -0.2) is 0 Å². The van der Waals surface area contributed by atoms with Gasteiger partial charge >= 0.3 is 0 Å². The second kappa shape index (κ2) is 11.4. The van der Waals surface area contributed by atoms with E-state index in [0.29, 0.717) is 0 Å². The van der Waals surface area contributed by atoms with Crippen molar-refractivity contribution >= 4 is 0 Å². The van der Waals surface area contributed by atoms with Crippen LogP contribution in [0.4, 0.5) is 0 Å². The summed E-state index contributed by atoms with van der Waals surface area (Å²) in [4.78, 5) is 0. The summed E-state index contributed by atoms with van der Waals surface area (Å²) in [7, 11) is 0. The van der Waals surface area contributed by atoms with Crippen LogP contribution in [0, 0.1) is 0 Å². The lowest BCUT2D eigenvalue weighted by molar-refractivity contribution is -0.360. The number of aliphatic hydroxyl groups is 10. The smallest absolute Gasteiger partial charge is 0.187 e. The van der Waals surface area contributed by atoms with Crippen molar-refractivity contribution in [2.75, 3.05) is 19.8 Å². The molecule has 14 atom stereocenters. The molecule has 0 aliphatic carbocycles. The Balaban J connectivity index is 1.66. The summed E-state index contributed by atoms with van der Waals surface area (Å²) in [5, 5.41) is 98.5. The number of rotatable bonds is 7. The zero-order valence-corrected chi connectivity index (χ0v) is 17.4. The first-order valence-corrected chi connectivity index (χ1v) is 10.5. The maximum atomic E-state index is 10.6. The minimum Gasteiger partial charge on any atom is -0.394 e. The Morgan fingerprint density at radius 2 is 1.18 bits per heavy atom. The zero-order chi connectivity index (χ0) is 24.4. The summed E-state index contributed by atoms with van der Waals surface area (Å²) >= 11 is 0. The quantitative estimate of drug-likeness (QED) is 0.160. The van der Waals surface area contributed by atoms with E-state index in [2.05, 4.69) is 0 Å². The van der Waals surface area contributed by atoms with Gasteiger partial charge in [-0.15, -0.1) is 0 Å². The molecule has 0 aromatic rings. The molecule has 15 heteroatoms. The monoisotopic (exact) mass is 488 g/mol. The third-order valence-corrected chi connectivity index (χ3v) is 5.97. The van der Waals surface area contributed by atoms with Crippen molar-refractivity contribution in [3.05, 3.63) is 0 Å². The molecule has 0 saturated carbocycles. The lowest BCUT2D eigenvalue weighted by Gasteiger charge is -2.46. The molecule has 3 heterocycles. The van der Waals surface area contributed by atoms with Gasteiger partial charge in [0.1, 0.15) is 61.0 Å². The summed E-state index contributed by atoms with van der Waals surface area (Å²) in [5.74, 6) is 0. The van der Waals surface area contributed by atoms with Crippen LogP contribution in [0.3, 0.4) is 0 Å². The van der Waals surface area contributed by atoms with Crippen LogP contribution in [0.2, 0.25) is 0 Å². The highest BCUT2D eigenvalue weighted by atomic mass is 16.7. The van der Waals surface area contributed by atoms with E-state index in [9.17, 15) is 51.1 Å². The van der Waals surface area contributed by atoms with Crippen LogP contribution in [0.15, 0.2) is 0 Å². The fourth-order valence-corrected chi connectivity index (χ4v) is 4.06. The summed E-state index contributed by atoms with van der Waals surface area (Å²) in [6.45, 7) is -2.06. The number of ether oxygens (including phenoxy) is 5. The van der Waals surface area contributed by atoms with Gasteiger partial charge in [0.2, 0.25) is 0 Å². The molecule has 0 aromatic carbocycles. The molecule has 0 unspecified atom stereocenters. The second-order valence-electron chi connectivity index (χ2n) is 8.22. The van der Waals surface area contributed by atoms with Gasteiger partial charge in [-0.2, -0.15) is 0 Å². The molecule has 0 radical (unpaired) electrons. The molecule has 15 nitrogen and oxygen atoms in total. The first-order chi connectivity index (χ1) is 15.6. The average molecular weight is 488 g/mol. The lowest BCUT2D eigenvalue weighted by atomic mass is 9.97. The molecule has 0 amide bonds. The van der Waals surface area contributed by atoms with Crippen LogP contribution < -0.4 is 0 Å². The van der Waals surface area contributed by atoms with Crippen molar-refractivity contribution in [2.24, 2.45) is 0 Å². The summed E-state index contributed by atoms with van der Waals surface area (Å²) in [5.41, 5.74) is 0. The van der Waals surface area contributed by atoms with E-state index in [4.69, 9.17) is 23.7 Å². The molecular weight excluding hydrogens is 456 g/mol. The fraction of sp³-hybridized carbons (Fsp3) is 1.00. The SMILES string of the molecule is OC[C@H]1O[C@H](O[C@@H]2[C@H](O)C[C@H](O[C@H]3[C@H](O)[C@@H](O)[C@H](O)O[C@@H]3CO)O[C@@H]2CO)[C@H](O)[C@@H](O)[C@H]1O. The second-order valence-corrected chi connectivity index (χ2v) is 8.22. The Labute approximate surface area is 187 Å². The minimum atomic E-state index is -1.75. The van der Waals surface area contributed by atoms with E-state index in [-0.39, 0.29) is 6.42 Å². The van der Waals surface area contributed by atoms with Gasteiger partial charge < -0.3 is 74.7 Å². The highest BCUT2D eigenvalue weighted by Gasteiger charge is 2.50. The maximum Gasteiger partial charge on any atom is 0.187 e. The van der Waals surface area contributed by atoms with E-state index in [1.807, 2.05) is 0 Å². The van der Waals surface area contributed by atoms with Crippen LogP contribution in [0.25, 0.3) is 0 Å². The number of aliphatic hydroxyl groups excluding tert-OH is 10. The van der Waals surface area contributed by atoms with Crippen LogP contribution in [0.5, 0.6) is 0 Å². The first kappa shape index (κ1) is 27.0. The van der Waals surface area contributed by atoms with Crippen molar-refractivity contribution in [1.29, 1.82) is 0 Å². The Morgan fingerprint density at radius 3 is 1.79 bits per heavy atom. The molecule has 3 rings (SSSR count). The molecular formula is C18H32O15. The third-order valence-electron chi connectivity index (χ3n) is 5.97. The largest absolute Gasteiger partial charge is 0.394 e. The van der Waals surface area contributed by atoms with Crippen molar-refractivity contribution in [3.63, 3.8) is 0 Å². The normalized spacial score (nSPS) is 51.5. The zero-order valence-electron chi connectivity index (χ0n) is 17.4.